The minimum atomic E-state index is 0.531. The lowest BCUT2D eigenvalue weighted by Crippen LogP contribution is -2.30. The first-order valence-electron chi connectivity index (χ1n) is 8.43. The van der Waals surface area contributed by atoms with Crippen molar-refractivity contribution in [2.45, 2.75) is 26.2 Å². The molecule has 0 spiro atoms. The number of rotatable bonds is 5. The fourth-order valence-corrected chi connectivity index (χ4v) is 3.19. The topological polar surface area (TPSA) is 39.8 Å². The van der Waals surface area contributed by atoms with Gasteiger partial charge in [-0.1, -0.05) is 37.6 Å². The highest BCUT2D eigenvalue weighted by Gasteiger charge is 2.05. The van der Waals surface area contributed by atoms with Gasteiger partial charge in [-0.05, 0) is 66.0 Å². The predicted molar refractivity (Wildman–Crippen MR) is 112 cm³/mol. The second-order valence-electron chi connectivity index (χ2n) is 6.41. The minimum absolute atomic E-state index is 0.531. The van der Waals surface area contributed by atoms with Crippen molar-refractivity contribution in [1.29, 1.82) is 0 Å². The van der Waals surface area contributed by atoms with Crippen LogP contribution in [0.5, 0.6) is 0 Å². The Hall–Kier alpha value is -2.04. The Labute approximate surface area is 158 Å². The molecule has 0 bridgehead atoms. The van der Waals surface area contributed by atoms with Gasteiger partial charge in [0, 0.05) is 34.4 Å². The lowest BCUT2D eigenvalue weighted by molar-refractivity contribution is 0.866. The maximum atomic E-state index is 6.09. The molecule has 3 N–H and O–H groups in total. The van der Waals surface area contributed by atoms with Crippen LogP contribution in [-0.2, 0) is 6.42 Å². The van der Waals surface area contributed by atoms with Gasteiger partial charge in [-0.15, -0.1) is 0 Å². The molecular weight excluding hydrogens is 350 g/mol. The molecule has 0 amide bonds. The van der Waals surface area contributed by atoms with Crippen LogP contribution < -0.4 is 10.6 Å². The Balaban J connectivity index is 1.52. The first kappa shape index (κ1) is 17.8. The molecule has 0 aliphatic rings. The third-order valence-electron chi connectivity index (χ3n) is 4.24. The number of anilines is 1. The number of aromatic amines is 1. The summed E-state index contributed by atoms with van der Waals surface area (Å²) in [6.07, 6.45) is 2.90. The van der Waals surface area contributed by atoms with Crippen molar-refractivity contribution in [3.63, 3.8) is 0 Å². The Bertz CT molecular complexity index is 868. The Morgan fingerprint density at radius 1 is 1.16 bits per heavy atom. The molecule has 130 valence electrons. The van der Waals surface area contributed by atoms with Gasteiger partial charge in [-0.25, -0.2) is 0 Å². The molecule has 0 radical (unpaired) electrons. The number of thiocarbonyl (C=S) groups is 1. The zero-order valence-electron chi connectivity index (χ0n) is 14.4. The number of fused-ring (bicyclic) bond motifs is 1. The lowest BCUT2D eigenvalue weighted by Gasteiger charge is -2.11. The van der Waals surface area contributed by atoms with Gasteiger partial charge in [-0.3, -0.25) is 0 Å². The van der Waals surface area contributed by atoms with E-state index in [1.54, 1.807) is 0 Å². The van der Waals surface area contributed by atoms with E-state index in [4.69, 9.17) is 23.8 Å². The van der Waals surface area contributed by atoms with Crippen molar-refractivity contribution in [1.82, 2.24) is 10.3 Å². The highest BCUT2D eigenvalue weighted by Crippen LogP contribution is 2.22. The molecule has 5 heteroatoms. The summed E-state index contributed by atoms with van der Waals surface area (Å²) in [6.45, 7) is 5.13. The Morgan fingerprint density at radius 2 is 1.92 bits per heavy atom. The van der Waals surface area contributed by atoms with Crippen LogP contribution in [0.2, 0.25) is 5.02 Å². The van der Waals surface area contributed by atoms with Gasteiger partial charge in [0.25, 0.3) is 0 Å². The van der Waals surface area contributed by atoms with Crippen molar-refractivity contribution in [3.8, 4) is 0 Å². The van der Waals surface area contributed by atoms with E-state index in [2.05, 4.69) is 53.7 Å². The number of benzene rings is 2. The number of hydrogen-bond acceptors (Lipinski definition) is 1. The van der Waals surface area contributed by atoms with E-state index in [-0.39, 0.29) is 0 Å². The van der Waals surface area contributed by atoms with E-state index < -0.39 is 0 Å². The zero-order chi connectivity index (χ0) is 17.8. The Kier molecular flexibility index (Phi) is 5.61. The molecular formula is C20H22ClN3S. The summed E-state index contributed by atoms with van der Waals surface area (Å²) >= 11 is 11.5. The molecule has 0 saturated carbocycles. The fraction of sp³-hybridized carbons (Fsp3) is 0.250. The van der Waals surface area contributed by atoms with Gasteiger partial charge in [0.05, 0.1) is 0 Å². The van der Waals surface area contributed by atoms with Crippen LogP contribution in [0.3, 0.4) is 0 Å². The summed E-state index contributed by atoms with van der Waals surface area (Å²) in [5.41, 5.74) is 4.66. The normalized spacial score (nSPS) is 11.0. The molecule has 3 aromatic rings. The van der Waals surface area contributed by atoms with Crippen LogP contribution in [0, 0.1) is 0 Å². The molecule has 1 aromatic heterocycles. The number of hydrogen-bond donors (Lipinski definition) is 3. The second-order valence-corrected chi connectivity index (χ2v) is 7.26. The molecule has 0 aliphatic carbocycles. The molecule has 2 aromatic carbocycles. The molecule has 1 heterocycles. The van der Waals surface area contributed by atoms with E-state index >= 15 is 0 Å². The van der Waals surface area contributed by atoms with E-state index in [0.717, 1.165) is 34.6 Å². The third-order valence-corrected chi connectivity index (χ3v) is 4.73. The number of halogens is 1. The predicted octanol–water partition coefficient (Wildman–Crippen LogP) is 5.47. The van der Waals surface area contributed by atoms with E-state index in [1.807, 2.05) is 24.4 Å². The third kappa shape index (κ3) is 4.53. The molecule has 0 fully saturated rings. The quantitative estimate of drug-likeness (QED) is 0.520. The SMILES string of the molecule is CC(C)c1ccc(NC(=S)NCCc2c[nH]c3ccc(Cl)cc23)cc1. The second kappa shape index (κ2) is 7.89. The molecule has 3 rings (SSSR count). The van der Waals surface area contributed by atoms with Crippen LogP contribution in [0.1, 0.15) is 30.9 Å². The molecule has 0 saturated heterocycles. The molecule has 0 unspecified atom stereocenters. The largest absolute Gasteiger partial charge is 0.362 e. The van der Waals surface area contributed by atoms with Crippen LogP contribution in [-0.4, -0.2) is 16.6 Å². The molecule has 25 heavy (non-hydrogen) atoms. The van der Waals surface area contributed by atoms with E-state index in [1.165, 1.54) is 11.1 Å². The van der Waals surface area contributed by atoms with Crippen molar-refractivity contribution in [3.05, 3.63) is 64.8 Å². The summed E-state index contributed by atoms with van der Waals surface area (Å²) in [6, 6.07) is 14.3. The van der Waals surface area contributed by atoms with Gasteiger partial charge in [0.2, 0.25) is 0 Å². The van der Waals surface area contributed by atoms with Crippen LogP contribution >= 0.6 is 23.8 Å². The first-order valence-corrected chi connectivity index (χ1v) is 9.22. The molecule has 0 aliphatic heterocycles. The van der Waals surface area contributed by atoms with E-state index in [9.17, 15) is 0 Å². The van der Waals surface area contributed by atoms with Crippen molar-refractivity contribution < 1.29 is 0 Å². The van der Waals surface area contributed by atoms with Gasteiger partial charge in [0.1, 0.15) is 0 Å². The van der Waals surface area contributed by atoms with Gasteiger partial charge < -0.3 is 15.6 Å². The van der Waals surface area contributed by atoms with Gasteiger partial charge >= 0.3 is 0 Å². The highest BCUT2D eigenvalue weighted by atomic mass is 35.5. The average Bonchev–Trinajstić information content (AvgIpc) is 2.97. The zero-order valence-corrected chi connectivity index (χ0v) is 16.0. The highest BCUT2D eigenvalue weighted by molar-refractivity contribution is 7.80. The van der Waals surface area contributed by atoms with E-state index in [0.29, 0.717) is 11.0 Å². The maximum Gasteiger partial charge on any atom is 0.170 e. The fourth-order valence-electron chi connectivity index (χ4n) is 2.79. The van der Waals surface area contributed by atoms with Crippen molar-refractivity contribution >= 4 is 45.5 Å². The first-order chi connectivity index (χ1) is 12.0. The van der Waals surface area contributed by atoms with Gasteiger partial charge in [-0.2, -0.15) is 0 Å². The number of H-pyrrole nitrogens is 1. The van der Waals surface area contributed by atoms with Crippen LogP contribution in [0.4, 0.5) is 5.69 Å². The Morgan fingerprint density at radius 3 is 2.64 bits per heavy atom. The summed E-state index contributed by atoms with van der Waals surface area (Å²) in [5, 5.41) is 9.04. The average molecular weight is 372 g/mol. The number of aromatic nitrogens is 1. The van der Waals surface area contributed by atoms with Crippen molar-refractivity contribution in [2.24, 2.45) is 0 Å². The van der Waals surface area contributed by atoms with Crippen molar-refractivity contribution in [2.75, 3.05) is 11.9 Å². The summed E-state index contributed by atoms with van der Waals surface area (Å²) in [4.78, 5) is 3.27. The molecule has 0 atom stereocenters. The summed E-state index contributed by atoms with van der Waals surface area (Å²) in [7, 11) is 0. The van der Waals surface area contributed by atoms with Crippen LogP contribution in [0.15, 0.2) is 48.7 Å². The van der Waals surface area contributed by atoms with Gasteiger partial charge in [0.15, 0.2) is 5.11 Å². The smallest absolute Gasteiger partial charge is 0.170 e. The monoisotopic (exact) mass is 371 g/mol. The number of nitrogens with one attached hydrogen (secondary N) is 3. The standard InChI is InChI=1S/C20H22ClN3S/c1-13(2)14-3-6-17(7-4-14)24-20(25)22-10-9-15-12-23-19-8-5-16(21)11-18(15)19/h3-8,11-13,23H,9-10H2,1-2H3,(H2,22,24,25). The van der Waals surface area contributed by atoms with Crippen LogP contribution in [0.25, 0.3) is 10.9 Å². The summed E-state index contributed by atoms with van der Waals surface area (Å²) in [5.74, 6) is 0.531. The minimum Gasteiger partial charge on any atom is -0.362 e. The summed E-state index contributed by atoms with van der Waals surface area (Å²) < 4.78 is 0. The maximum absolute atomic E-state index is 6.09. The molecule has 3 nitrogen and oxygen atoms in total. The lowest BCUT2D eigenvalue weighted by atomic mass is 10.0.